The van der Waals surface area contributed by atoms with Crippen LogP contribution in [0.15, 0.2) is 29.2 Å². The molecule has 0 aliphatic carbocycles. The molecular weight excluding hydrogens is 300 g/mol. The predicted octanol–water partition coefficient (Wildman–Crippen LogP) is 1.33. The van der Waals surface area contributed by atoms with Crippen molar-refractivity contribution in [3.05, 3.63) is 29.8 Å². The van der Waals surface area contributed by atoms with E-state index in [0.29, 0.717) is 31.1 Å². The molecule has 5 nitrogen and oxygen atoms in total. The van der Waals surface area contributed by atoms with Crippen LogP contribution in [0.1, 0.15) is 25.8 Å². The summed E-state index contributed by atoms with van der Waals surface area (Å²) < 4.78 is 26.9. The Morgan fingerprint density at radius 1 is 1.09 bits per heavy atom. The number of aliphatic hydroxyl groups excluding tert-OH is 1. The highest BCUT2D eigenvalue weighted by atomic mass is 32.2. The van der Waals surface area contributed by atoms with Gasteiger partial charge in [-0.05, 0) is 30.5 Å². The molecule has 1 fully saturated rings. The first-order valence-corrected chi connectivity index (χ1v) is 9.41. The van der Waals surface area contributed by atoms with Crippen LogP contribution in [0.4, 0.5) is 0 Å². The van der Waals surface area contributed by atoms with Crippen LogP contribution < -0.4 is 0 Å². The van der Waals surface area contributed by atoms with Gasteiger partial charge in [-0.1, -0.05) is 26.0 Å². The Morgan fingerprint density at radius 2 is 1.68 bits per heavy atom. The van der Waals surface area contributed by atoms with E-state index in [4.69, 9.17) is 0 Å². The molecule has 0 aromatic heterocycles. The van der Waals surface area contributed by atoms with Gasteiger partial charge in [-0.3, -0.25) is 4.90 Å². The maximum absolute atomic E-state index is 12.7. The number of nitrogens with zero attached hydrogens (tertiary/aromatic N) is 2. The van der Waals surface area contributed by atoms with Gasteiger partial charge in [-0.2, -0.15) is 4.31 Å². The lowest BCUT2D eigenvalue weighted by Crippen LogP contribution is -2.52. The fraction of sp³-hybridized carbons (Fsp3) is 0.625. The zero-order valence-corrected chi connectivity index (χ0v) is 14.2. The second-order valence-electron chi connectivity index (χ2n) is 5.68. The lowest BCUT2D eigenvalue weighted by Gasteiger charge is -2.37. The quantitative estimate of drug-likeness (QED) is 0.857. The Balaban J connectivity index is 2.05. The molecule has 1 aliphatic heterocycles. The number of piperazine rings is 1. The summed E-state index contributed by atoms with van der Waals surface area (Å²) in [5, 5.41) is 9.36. The van der Waals surface area contributed by atoms with Crippen molar-refractivity contribution in [2.24, 2.45) is 0 Å². The Labute approximate surface area is 133 Å². The SMILES string of the molecule is CCc1ccc(S(=O)(=O)N2CCN(C(CC)CO)CC2)cc1. The Bertz CT molecular complexity index is 560. The molecule has 2 rings (SSSR count). The monoisotopic (exact) mass is 326 g/mol. The molecule has 0 radical (unpaired) electrons. The molecule has 1 aromatic carbocycles. The van der Waals surface area contributed by atoms with Crippen molar-refractivity contribution in [2.75, 3.05) is 32.8 Å². The minimum Gasteiger partial charge on any atom is -0.395 e. The van der Waals surface area contributed by atoms with Crippen molar-refractivity contribution in [3.63, 3.8) is 0 Å². The maximum Gasteiger partial charge on any atom is 0.243 e. The number of aryl methyl sites for hydroxylation is 1. The molecule has 1 saturated heterocycles. The van der Waals surface area contributed by atoms with Gasteiger partial charge in [0.25, 0.3) is 0 Å². The van der Waals surface area contributed by atoms with Gasteiger partial charge in [0.15, 0.2) is 0 Å². The van der Waals surface area contributed by atoms with E-state index in [1.165, 1.54) is 0 Å². The average Bonchev–Trinajstić information content (AvgIpc) is 2.56. The molecule has 1 N–H and O–H groups in total. The normalized spacial score (nSPS) is 19.2. The van der Waals surface area contributed by atoms with Crippen LogP contribution in [0.3, 0.4) is 0 Å². The number of aliphatic hydroxyl groups is 1. The number of rotatable bonds is 6. The van der Waals surface area contributed by atoms with Crippen LogP contribution >= 0.6 is 0 Å². The Kier molecular flexibility index (Phi) is 5.97. The summed E-state index contributed by atoms with van der Waals surface area (Å²) in [6.07, 6.45) is 1.78. The van der Waals surface area contributed by atoms with Crippen LogP contribution in [0.5, 0.6) is 0 Å². The lowest BCUT2D eigenvalue weighted by atomic mass is 10.2. The maximum atomic E-state index is 12.7. The van der Waals surface area contributed by atoms with Gasteiger partial charge in [-0.15, -0.1) is 0 Å². The van der Waals surface area contributed by atoms with Gasteiger partial charge >= 0.3 is 0 Å². The topological polar surface area (TPSA) is 60.9 Å². The minimum atomic E-state index is -3.41. The van der Waals surface area contributed by atoms with Crippen LogP contribution in [-0.2, 0) is 16.4 Å². The van der Waals surface area contributed by atoms with Crippen molar-refractivity contribution >= 4 is 10.0 Å². The van der Waals surface area contributed by atoms with Crippen molar-refractivity contribution in [1.82, 2.24) is 9.21 Å². The Hall–Kier alpha value is -0.950. The van der Waals surface area contributed by atoms with Gasteiger partial charge in [0.05, 0.1) is 11.5 Å². The van der Waals surface area contributed by atoms with E-state index in [1.807, 2.05) is 26.0 Å². The molecule has 1 aliphatic rings. The van der Waals surface area contributed by atoms with Crippen LogP contribution in [-0.4, -0.2) is 61.6 Å². The average molecular weight is 326 g/mol. The zero-order chi connectivity index (χ0) is 16.2. The number of hydrogen-bond acceptors (Lipinski definition) is 4. The van der Waals surface area contributed by atoms with Crippen molar-refractivity contribution in [1.29, 1.82) is 0 Å². The fourth-order valence-electron chi connectivity index (χ4n) is 2.86. The summed E-state index contributed by atoms with van der Waals surface area (Å²) in [6.45, 7) is 6.52. The molecule has 1 heterocycles. The molecular formula is C16H26N2O3S. The largest absolute Gasteiger partial charge is 0.395 e. The van der Waals surface area contributed by atoms with Gasteiger partial charge in [-0.25, -0.2) is 8.42 Å². The molecule has 1 aromatic rings. The van der Waals surface area contributed by atoms with E-state index >= 15 is 0 Å². The summed E-state index contributed by atoms with van der Waals surface area (Å²) in [6, 6.07) is 7.28. The third kappa shape index (κ3) is 3.68. The summed E-state index contributed by atoms with van der Waals surface area (Å²) in [5.41, 5.74) is 1.14. The number of sulfonamides is 1. The first kappa shape index (κ1) is 17.4. The van der Waals surface area contributed by atoms with Crippen molar-refractivity contribution in [3.8, 4) is 0 Å². The third-order valence-electron chi connectivity index (χ3n) is 4.44. The summed E-state index contributed by atoms with van der Waals surface area (Å²) >= 11 is 0. The van der Waals surface area contributed by atoms with E-state index in [2.05, 4.69) is 4.90 Å². The first-order valence-electron chi connectivity index (χ1n) is 7.97. The summed E-state index contributed by atoms with van der Waals surface area (Å²) in [4.78, 5) is 2.54. The van der Waals surface area contributed by atoms with Crippen LogP contribution in [0, 0.1) is 0 Å². The predicted molar refractivity (Wildman–Crippen MR) is 87.3 cm³/mol. The first-order chi connectivity index (χ1) is 10.5. The van der Waals surface area contributed by atoms with Gasteiger partial charge in [0.2, 0.25) is 10.0 Å². The van der Waals surface area contributed by atoms with E-state index in [1.54, 1.807) is 16.4 Å². The molecule has 1 atom stereocenters. The molecule has 0 bridgehead atoms. The molecule has 22 heavy (non-hydrogen) atoms. The smallest absolute Gasteiger partial charge is 0.243 e. The van der Waals surface area contributed by atoms with E-state index in [-0.39, 0.29) is 12.6 Å². The van der Waals surface area contributed by atoms with Crippen molar-refractivity contribution in [2.45, 2.75) is 37.6 Å². The van der Waals surface area contributed by atoms with Gasteiger partial charge in [0, 0.05) is 32.2 Å². The number of benzene rings is 1. The summed E-state index contributed by atoms with van der Waals surface area (Å²) in [7, 11) is -3.41. The molecule has 0 amide bonds. The van der Waals surface area contributed by atoms with Crippen molar-refractivity contribution < 1.29 is 13.5 Å². The lowest BCUT2D eigenvalue weighted by molar-refractivity contribution is 0.0881. The molecule has 6 heteroatoms. The standard InChI is InChI=1S/C16H26N2O3S/c1-3-14-5-7-16(8-6-14)22(20,21)18-11-9-17(10-12-18)15(4-2)13-19/h5-8,15,19H,3-4,9-13H2,1-2H3. The Morgan fingerprint density at radius 3 is 2.14 bits per heavy atom. The summed E-state index contributed by atoms with van der Waals surface area (Å²) in [5.74, 6) is 0. The molecule has 0 spiro atoms. The highest BCUT2D eigenvalue weighted by molar-refractivity contribution is 7.89. The van der Waals surface area contributed by atoms with E-state index < -0.39 is 10.0 Å². The molecule has 0 saturated carbocycles. The van der Waals surface area contributed by atoms with Gasteiger partial charge in [0.1, 0.15) is 0 Å². The third-order valence-corrected chi connectivity index (χ3v) is 6.35. The second kappa shape index (κ2) is 7.55. The van der Waals surface area contributed by atoms with Gasteiger partial charge < -0.3 is 5.11 Å². The van der Waals surface area contributed by atoms with Crippen LogP contribution in [0.2, 0.25) is 0 Å². The number of hydrogen-bond donors (Lipinski definition) is 1. The zero-order valence-electron chi connectivity index (χ0n) is 13.4. The van der Waals surface area contributed by atoms with Crippen LogP contribution in [0.25, 0.3) is 0 Å². The molecule has 1 unspecified atom stereocenters. The molecule has 124 valence electrons. The van der Waals surface area contributed by atoms with E-state index in [0.717, 1.165) is 18.4 Å². The second-order valence-corrected chi connectivity index (χ2v) is 7.62. The van der Waals surface area contributed by atoms with E-state index in [9.17, 15) is 13.5 Å². The minimum absolute atomic E-state index is 0.127. The highest BCUT2D eigenvalue weighted by Crippen LogP contribution is 2.19. The fourth-order valence-corrected chi connectivity index (χ4v) is 4.28. The highest BCUT2D eigenvalue weighted by Gasteiger charge is 2.30.